The number of hydrogen-bond donors (Lipinski definition) is 1. The number of carbonyl (C=O) groups excluding carboxylic acids is 2. The number of nitrogens with zero attached hydrogens (tertiary/aromatic N) is 3. The third kappa shape index (κ3) is 3.37. The van der Waals surface area contributed by atoms with E-state index in [0.717, 1.165) is 30.5 Å². The lowest BCUT2D eigenvalue weighted by atomic mass is 9.97. The van der Waals surface area contributed by atoms with Gasteiger partial charge in [-0.3, -0.25) is 9.59 Å². The summed E-state index contributed by atoms with van der Waals surface area (Å²) in [5, 5.41) is 11.2. The number of fused-ring (bicyclic) bond motifs is 2. The van der Waals surface area contributed by atoms with E-state index in [4.69, 9.17) is 0 Å². The number of nitrogens with one attached hydrogen (secondary N) is 1. The maximum absolute atomic E-state index is 12.4. The third-order valence-corrected chi connectivity index (χ3v) is 5.63. The van der Waals surface area contributed by atoms with Crippen molar-refractivity contribution < 1.29 is 9.59 Å². The minimum absolute atomic E-state index is 0.151. The van der Waals surface area contributed by atoms with Crippen molar-refractivity contribution in [1.29, 1.82) is 0 Å². The Morgan fingerprint density at radius 1 is 1.20 bits per heavy atom. The van der Waals surface area contributed by atoms with Crippen molar-refractivity contribution in [2.75, 3.05) is 5.32 Å². The minimum Gasteiger partial charge on any atom is -0.302 e. The van der Waals surface area contributed by atoms with Crippen LogP contribution in [0.25, 0.3) is 0 Å². The summed E-state index contributed by atoms with van der Waals surface area (Å²) < 4.78 is 0. The molecular formula is C18H18N4O2S. The molecule has 1 atom stereocenters. The lowest BCUT2D eigenvalue weighted by molar-refractivity contribution is -0.116. The van der Waals surface area contributed by atoms with Crippen LogP contribution in [-0.2, 0) is 17.6 Å². The van der Waals surface area contributed by atoms with E-state index in [9.17, 15) is 9.59 Å². The highest BCUT2D eigenvalue weighted by atomic mass is 32.1. The topological polar surface area (TPSA) is 83.8 Å². The molecule has 1 aromatic carbocycles. The van der Waals surface area contributed by atoms with Gasteiger partial charge in [-0.15, -0.1) is 16.5 Å². The zero-order valence-corrected chi connectivity index (χ0v) is 14.5. The lowest BCUT2D eigenvalue weighted by Gasteiger charge is -2.17. The quantitative estimate of drug-likeness (QED) is 0.843. The SMILES string of the molecule is O=C(CC1N=NC(=O)c2ccccc21)Nc1nc2c(s1)CCCCC2. The molecule has 1 aromatic heterocycles. The minimum atomic E-state index is -0.424. The Morgan fingerprint density at radius 2 is 2.04 bits per heavy atom. The average molecular weight is 354 g/mol. The summed E-state index contributed by atoms with van der Waals surface area (Å²) >= 11 is 1.57. The molecule has 0 saturated heterocycles. The fourth-order valence-corrected chi connectivity index (χ4v) is 4.37. The van der Waals surface area contributed by atoms with Gasteiger partial charge < -0.3 is 5.32 Å². The molecule has 1 N–H and O–H groups in total. The summed E-state index contributed by atoms with van der Waals surface area (Å²) in [4.78, 5) is 30.1. The Kier molecular flexibility index (Phi) is 4.40. The molecule has 2 aromatic rings. The number of amides is 2. The van der Waals surface area contributed by atoms with E-state index >= 15 is 0 Å². The van der Waals surface area contributed by atoms with Gasteiger partial charge in [0, 0.05) is 10.4 Å². The molecular weight excluding hydrogens is 336 g/mol. The van der Waals surface area contributed by atoms with Crippen molar-refractivity contribution in [1.82, 2.24) is 4.98 Å². The Bertz CT molecular complexity index is 835. The molecule has 128 valence electrons. The van der Waals surface area contributed by atoms with Gasteiger partial charge >= 0.3 is 0 Å². The van der Waals surface area contributed by atoms with Crippen LogP contribution in [0.5, 0.6) is 0 Å². The van der Waals surface area contributed by atoms with Gasteiger partial charge in [-0.25, -0.2) is 4.98 Å². The average Bonchev–Trinajstić information content (AvgIpc) is 2.85. The second-order valence-corrected chi connectivity index (χ2v) is 7.41. The molecule has 2 amide bonds. The van der Waals surface area contributed by atoms with Crippen LogP contribution in [0.1, 0.15) is 58.2 Å². The first-order valence-electron chi connectivity index (χ1n) is 8.53. The van der Waals surface area contributed by atoms with Crippen LogP contribution in [0.2, 0.25) is 0 Å². The van der Waals surface area contributed by atoms with Gasteiger partial charge in [-0.2, -0.15) is 5.11 Å². The molecule has 1 aliphatic heterocycles. The van der Waals surface area contributed by atoms with Crippen molar-refractivity contribution in [3.8, 4) is 0 Å². The monoisotopic (exact) mass is 354 g/mol. The van der Waals surface area contributed by atoms with Crippen LogP contribution in [-0.4, -0.2) is 16.8 Å². The van der Waals surface area contributed by atoms with Gasteiger partial charge in [-0.1, -0.05) is 24.6 Å². The van der Waals surface area contributed by atoms with E-state index in [-0.39, 0.29) is 18.2 Å². The smallest absolute Gasteiger partial charge is 0.295 e. The summed E-state index contributed by atoms with van der Waals surface area (Å²) in [5.41, 5.74) is 2.41. The van der Waals surface area contributed by atoms with Gasteiger partial charge in [0.2, 0.25) is 5.91 Å². The number of rotatable bonds is 3. The molecule has 25 heavy (non-hydrogen) atoms. The predicted molar refractivity (Wildman–Crippen MR) is 95.0 cm³/mol. The molecule has 0 fully saturated rings. The van der Waals surface area contributed by atoms with E-state index in [1.807, 2.05) is 12.1 Å². The second-order valence-electron chi connectivity index (χ2n) is 6.33. The van der Waals surface area contributed by atoms with E-state index in [0.29, 0.717) is 10.7 Å². The molecule has 1 aliphatic carbocycles. The number of benzene rings is 1. The molecule has 2 aliphatic rings. The fourth-order valence-electron chi connectivity index (χ4n) is 3.30. The first-order valence-corrected chi connectivity index (χ1v) is 9.35. The molecule has 7 heteroatoms. The van der Waals surface area contributed by atoms with Gasteiger partial charge in [0.1, 0.15) is 6.04 Å². The Morgan fingerprint density at radius 3 is 2.96 bits per heavy atom. The molecule has 6 nitrogen and oxygen atoms in total. The van der Waals surface area contributed by atoms with Crippen molar-refractivity contribution in [2.45, 2.75) is 44.6 Å². The molecule has 0 bridgehead atoms. The van der Waals surface area contributed by atoms with Crippen molar-refractivity contribution >= 4 is 28.3 Å². The number of azo groups is 1. The molecule has 4 rings (SSSR count). The zero-order chi connectivity index (χ0) is 17.2. The summed E-state index contributed by atoms with van der Waals surface area (Å²) in [6, 6.07) is 6.76. The maximum Gasteiger partial charge on any atom is 0.295 e. The Labute approximate surface area is 149 Å². The second kappa shape index (κ2) is 6.84. The van der Waals surface area contributed by atoms with Gasteiger partial charge in [0.25, 0.3) is 5.91 Å². The molecule has 2 heterocycles. The highest BCUT2D eigenvalue weighted by Gasteiger charge is 2.26. The van der Waals surface area contributed by atoms with E-state index < -0.39 is 6.04 Å². The standard InChI is InChI=1S/C18H18N4O2S/c23-16(20-18-19-13-8-2-1-3-9-15(13)25-18)10-14-11-6-4-5-7-12(11)17(24)22-21-14/h4-7,14H,1-3,8-10H2,(H,19,20,23). The number of aryl methyl sites for hydroxylation is 2. The van der Waals surface area contributed by atoms with Gasteiger partial charge in [0.05, 0.1) is 12.1 Å². The number of aromatic nitrogens is 1. The van der Waals surface area contributed by atoms with Crippen LogP contribution in [0.4, 0.5) is 5.13 Å². The van der Waals surface area contributed by atoms with Gasteiger partial charge in [-0.05, 0) is 37.3 Å². The number of carbonyl (C=O) groups is 2. The summed E-state index contributed by atoms with van der Waals surface area (Å²) in [6.07, 6.45) is 5.80. The van der Waals surface area contributed by atoms with Crippen molar-refractivity contribution in [2.24, 2.45) is 10.2 Å². The fraction of sp³-hybridized carbons (Fsp3) is 0.389. The molecule has 1 unspecified atom stereocenters. The van der Waals surface area contributed by atoms with E-state index in [1.165, 1.54) is 17.7 Å². The van der Waals surface area contributed by atoms with Crippen molar-refractivity contribution in [3.05, 3.63) is 46.0 Å². The van der Waals surface area contributed by atoms with Crippen LogP contribution in [0.15, 0.2) is 34.5 Å². The van der Waals surface area contributed by atoms with Crippen molar-refractivity contribution in [3.63, 3.8) is 0 Å². The molecule has 0 spiro atoms. The van der Waals surface area contributed by atoms with Crippen LogP contribution in [0, 0.1) is 0 Å². The number of thiazole rings is 1. The number of hydrogen-bond acceptors (Lipinski definition) is 5. The number of anilines is 1. The first kappa shape index (κ1) is 16.1. The predicted octanol–water partition coefficient (Wildman–Crippen LogP) is 4.09. The van der Waals surface area contributed by atoms with E-state index in [1.54, 1.807) is 23.5 Å². The third-order valence-electron chi connectivity index (χ3n) is 4.56. The zero-order valence-electron chi connectivity index (χ0n) is 13.7. The van der Waals surface area contributed by atoms with Crippen LogP contribution >= 0.6 is 11.3 Å². The lowest BCUT2D eigenvalue weighted by Crippen LogP contribution is -2.18. The highest BCUT2D eigenvalue weighted by Crippen LogP contribution is 2.32. The van der Waals surface area contributed by atoms with E-state index in [2.05, 4.69) is 20.5 Å². The molecule has 0 radical (unpaired) electrons. The molecule has 0 saturated carbocycles. The van der Waals surface area contributed by atoms with Gasteiger partial charge in [0.15, 0.2) is 5.13 Å². The summed E-state index contributed by atoms with van der Waals surface area (Å²) in [7, 11) is 0. The first-order chi connectivity index (χ1) is 12.2. The van der Waals surface area contributed by atoms with Crippen LogP contribution in [0.3, 0.4) is 0 Å². The summed E-state index contributed by atoms with van der Waals surface area (Å²) in [6.45, 7) is 0. The van der Waals surface area contributed by atoms with Crippen LogP contribution < -0.4 is 5.32 Å². The maximum atomic E-state index is 12.4. The largest absolute Gasteiger partial charge is 0.302 e. The summed E-state index contributed by atoms with van der Waals surface area (Å²) in [5.74, 6) is -0.507. The Balaban J connectivity index is 1.46. The Hall–Kier alpha value is -2.41. The highest BCUT2D eigenvalue weighted by molar-refractivity contribution is 7.15. The normalized spacial score (nSPS) is 19.0.